The second-order valence-corrected chi connectivity index (χ2v) is 10.5. The van der Waals surface area contributed by atoms with E-state index in [2.05, 4.69) is 29.6 Å². The third kappa shape index (κ3) is 7.56. The summed E-state index contributed by atoms with van der Waals surface area (Å²) in [5.74, 6) is -0.270. The van der Waals surface area contributed by atoms with Crippen LogP contribution >= 0.6 is 11.3 Å². The molecule has 2 heterocycles. The van der Waals surface area contributed by atoms with Gasteiger partial charge in [0.15, 0.2) is 0 Å². The van der Waals surface area contributed by atoms with Crippen LogP contribution in [0.1, 0.15) is 37.5 Å². The van der Waals surface area contributed by atoms with Crippen LogP contribution in [0.25, 0.3) is 10.4 Å². The fourth-order valence-electron chi connectivity index (χ4n) is 4.40. The average molecular weight is 524 g/mol. The van der Waals surface area contributed by atoms with E-state index in [4.69, 9.17) is 4.74 Å². The van der Waals surface area contributed by atoms with Gasteiger partial charge in [0.25, 0.3) is 0 Å². The van der Waals surface area contributed by atoms with Crippen LogP contribution in [0, 0.1) is 0 Å². The van der Waals surface area contributed by atoms with Gasteiger partial charge in [-0.25, -0.2) is 0 Å². The van der Waals surface area contributed by atoms with E-state index in [0.29, 0.717) is 6.42 Å². The summed E-state index contributed by atoms with van der Waals surface area (Å²) in [5.41, 5.74) is 1.15. The smallest absolute Gasteiger partial charge is 0.220 e. The SMILES string of the molecule is C[C@@H](O)[C@@H](O)C(CC[C@H]1O[C@H](CO)[C@H](O)[C@H](O)[C@H]1O)NC(=O)CCCc1ccc(-c2ccccc2)s1. The van der Waals surface area contributed by atoms with Crippen molar-refractivity contribution in [3.8, 4) is 10.4 Å². The van der Waals surface area contributed by atoms with Crippen molar-refractivity contribution in [2.24, 2.45) is 0 Å². The highest BCUT2D eigenvalue weighted by atomic mass is 32.1. The van der Waals surface area contributed by atoms with E-state index in [0.717, 1.165) is 12.0 Å². The van der Waals surface area contributed by atoms with Gasteiger partial charge in [-0.2, -0.15) is 0 Å². The Kier molecular flexibility index (Phi) is 10.8. The second kappa shape index (κ2) is 13.6. The lowest BCUT2D eigenvalue weighted by molar-refractivity contribution is -0.231. The van der Waals surface area contributed by atoms with E-state index in [1.54, 1.807) is 11.3 Å². The molecule has 1 fully saturated rings. The monoisotopic (exact) mass is 523 g/mol. The largest absolute Gasteiger partial charge is 0.394 e. The summed E-state index contributed by atoms with van der Waals surface area (Å²) in [6.07, 6.45) is -6.78. The Balaban J connectivity index is 1.51. The lowest BCUT2D eigenvalue weighted by Gasteiger charge is -2.40. The molecule has 1 aliphatic heterocycles. The summed E-state index contributed by atoms with van der Waals surface area (Å²) in [5, 5.41) is 62.6. The van der Waals surface area contributed by atoms with Gasteiger partial charge in [-0.15, -0.1) is 11.3 Å². The normalized spacial score (nSPS) is 26.8. The predicted molar refractivity (Wildman–Crippen MR) is 135 cm³/mol. The van der Waals surface area contributed by atoms with Crippen LogP contribution in [0.2, 0.25) is 0 Å². The minimum Gasteiger partial charge on any atom is -0.394 e. The number of aliphatic hydroxyl groups is 6. The fraction of sp³-hybridized carbons (Fsp3) is 0.577. The molecular weight excluding hydrogens is 486 g/mol. The van der Waals surface area contributed by atoms with Crippen LogP contribution < -0.4 is 5.32 Å². The van der Waals surface area contributed by atoms with Gasteiger partial charge < -0.3 is 40.7 Å². The lowest BCUT2D eigenvalue weighted by atomic mass is 9.90. The minimum absolute atomic E-state index is 0.119. The van der Waals surface area contributed by atoms with Crippen molar-refractivity contribution in [1.29, 1.82) is 0 Å². The molecule has 200 valence electrons. The molecule has 0 spiro atoms. The third-order valence-corrected chi connectivity index (χ3v) is 7.75. The van der Waals surface area contributed by atoms with Crippen molar-refractivity contribution in [2.45, 2.75) is 87.8 Å². The molecule has 9 nitrogen and oxygen atoms in total. The molecular formula is C26H37NO8S. The van der Waals surface area contributed by atoms with Crippen molar-refractivity contribution in [2.75, 3.05) is 6.61 Å². The molecule has 1 amide bonds. The Bertz CT molecular complexity index is 937. The molecule has 1 aromatic carbocycles. The zero-order chi connectivity index (χ0) is 26.2. The summed E-state index contributed by atoms with van der Waals surface area (Å²) >= 11 is 1.69. The number of aliphatic hydroxyl groups excluding tert-OH is 6. The van der Waals surface area contributed by atoms with E-state index in [-0.39, 0.29) is 25.2 Å². The number of aryl methyl sites for hydroxylation is 1. The number of ether oxygens (including phenoxy) is 1. The minimum atomic E-state index is -1.49. The number of amides is 1. The molecule has 1 aromatic heterocycles. The van der Waals surface area contributed by atoms with Gasteiger partial charge in [-0.05, 0) is 50.3 Å². The summed E-state index contributed by atoms with van der Waals surface area (Å²) in [6.45, 7) is 0.883. The molecule has 1 unspecified atom stereocenters. The van der Waals surface area contributed by atoms with Crippen LogP contribution in [-0.2, 0) is 16.0 Å². The maximum absolute atomic E-state index is 12.6. The maximum atomic E-state index is 12.6. The summed E-state index contributed by atoms with van der Waals surface area (Å²) in [4.78, 5) is 15.0. The zero-order valence-corrected chi connectivity index (χ0v) is 21.1. The molecule has 0 aliphatic carbocycles. The Hall–Kier alpha value is -1.89. The van der Waals surface area contributed by atoms with Gasteiger partial charge in [-0.1, -0.05) is 30.3 Å². The van der Waals surface area contributed by atoms with Crippen LogP contribution in [0.5, 0.6) is 0 Å². The van der Waals surface area contributed by atoms with E-state index in [1.807, 2.05) is 18.2 Å². The first-order chi connectivity index (χ1) is 17.2. The number of rotatable bonds is 12. The second-order valence-electron chi connectivity index (χ2n) is 9.34. The molecule has 2 aromatic rings. The van der Waals surface area contributed by atoms with E-state index in [9.17, 15) is 35.4 Å². The van der Waals surface area contributed by atoms with Crippen molar-refractivity contribution < 1.29 is 40.2 Å². The first-order valence-electron chi connectivity index (χ1n) is 12.3. The molecule has 3 rings (SSSR count). The standard InChI is InChI=1S/C26H37NO8S/c1-15(29)23(31)18(11-12-19-24(32)26(34)25(33)20(14-28)35-19)27-22(30)9-5-8-17-10-13-21(36-17)16-6-3-2-4-7-16/h2-4,6-7,10,13,15,18-20,23-26,28-29,31-34H,5,8-9,11-12,14H2,1H3,(H,27,30)/t15-,18?,19-,20-,23-,24+,25+,26-/m1/s1. The van der Waals surface area contributed by atoms with Crippen LogP contribution in [0.4, 0.5) is 0 Å². The third-order valence-electron chi connectivity index (χ3n) is 6.55. The van der Waals surface area contributed by atoms with E-state index in [1.165, 1.54) is 16.7 Å². The summed E-state index contributed by atoms with van der Waals surface area (Å²) in [6, 6.07) is 13.4. The molecule has 0 saturated carbocycles. The topological polar surface area (TPSA) is 160 Å². The predicted octanol–water partition coefficient (Wildman–Crippen LogP) is 0.587. The first-order valence-corrected chi connectivity index (χ1v) is 13.1. The molecule has 1 aliphatic rings. The fourth-order valence-corrected chi connectivity index (χ4v) is 5.45. The number of thiophene rings is 1. The number of hydrogen-bond acceptors (Lipinski definition) is 9. The number of nitrogens with one attached hydrogen (secondary N) is 1. The number of carbonyl (C=O) groups is 1. The van der Waals surface area contributed by atoms with Crippen LogP contribution in [-0.4, -0.2) is 91.9 Å². The quantitative estimate of drug-likeness (QED) is 0.213. The van der Waals surface area contributed by atoms with Gasteiger partial charge in [0.1, 0.15) is 24.4 Å². The van der Waals surface area contributed by atoms with Crippen molar-refractivity contribution in [1.82, 2.24) is 5.32 Å². The Morgan fingerprint density at radius 1 is 1.03 bits per heavy atom. The summed E-state index contributed by atoms with van der Waals surface area (Å²) in [7, 11) is 0. The number of carbonyl (C=O) groups excluding carboxylic acids is 1. The maximum Gasteiger partial charge on any atom is 0.220 e. The molecule has 0 radical (unpaired) electrons. The highest BCUT2D eigenvalue weighted by Crippen LogP contribution is 2.29. The zero-order valence-electron chi connectivity index (χ0n) is 20.3. The van der Waals surface area contributed by atoms with E-state index < -0.39 is 55.4 Å². The lowest BCUT2D eigenvalue weighted by Crippen LogP contribution is -2.58. The molecule has 36 heavy (non-hydrogen) atoms. The molecule has 7 N–H and O–H groups in total. The highest BCUT2D eigenvalue weighted by molar-refractivity contribution is 7.15. The van der Waals surface area contributed by atoms with Crippen LogP contribution in [0.3, 0.4) is 0 Å². The van der Waals surface area contributed by atoms with Crippen molar-refractivity contribution in [3.63, 3.8) is 0 Å². The highest BCUT2D eigenvalue weighted by Gasteiger charge is 2.43. The van der Waals surface area contributed by atoms with Crippen molar-refractivity contribution in [3.05, 3.63) is 47.3 Å². The van der Waals surface area contributed by atoms with Gasteiger partial charge in [0.05, 0.1) is 31.0 Å². The number of benzene rings is 1. The van der Waals surface area contributed by atoms with Gasteiger partial charge in [0.2, 0.25) is 5.91 Å². The van der Waals surface area contributed by atoms with Gasteiger partial charge >= 0.3 is 0 Å². The molecule has 8 atom stereocenters. The van der Waals surface area contributed by atoms with E-state index >= 15 is 0 Å². The summed E-state index contributed by atoms with van der Waals surface area (Å²) < 4.78 is 5.51. The van der Waals surface area contributed by atoms with Gasteiger partial charge in [0, 0.05) is 16.2 Å². The number of hydrogen-bond donors (Lipinski definition) is 7. The Morgan fingerprint density at radius 3 is 2.39 bits per heavy atom. The van der Waals surface area contributed by atoms with Crippen molar-refractivity contribution >= 4 is 17.2 Å². The molecule has 10 heteroatoms. The Morgan fingerprint density at radius 2 is 1.72 bits per heavy atom. The van der Waals surface area contributed by atoms with Gasteiger partial charge in [-0.3, -0.25) is 4.79 Å². The molecule has 1 saturated heterocycles. The average Bonchev–Trinajstić information content (AvgIpc) is 3.35. The first kappa shape index (κ1) is 28.7. The molecule has 0 bridgehead atoms. The Labute approximate surface area is 215 Å². The van der Waals surface area contributed by atoms with Crippen LogP contribution in [0.15, 0.2) is 42.5 Å².